The molecular formula is C15H23N. The molecule has 16 heavy (non-hydrogen) atoms. The van der Waals surface area contributed by atoms with Crippen molar-refractivity contribution < 1.29 is 0 Å². The van der Waals surface area contributed by atoms with Gasteiger partial charge in [-0.1, -0.05) is 25.1 Å². The highest BCUT2D eigenvalue weighted by molar-refractivity contribution is 5.36. The Morgan fingerprint density at radius 2 is 1.88 bits per heavy atom. The van der Waals surface area contributed by atoms with E-state index in [1.54, 1.807) is 0 Å². The average molecular weight is 217 g/mol. The molecule has 1 saturated carbocycles. The third kappa shape index (κ3) is 2.46. The Labute approximate surface area is 99.3 Å². The van der Waals surface area contributed by atoms with Gasteiger partial charge >= 0.3 is 0 Å². The minimum Gasteiger partial charge on any atom is -0.311 e. The van der Waals surface area contributed by atoms with Gasteiger partial charge < -0.3 is 5.32 Å². The van der Waals surface area contributed by atoms with Gasteiger partial charge in [-0.2, -0.15) is 0 Å². The molecular weight excluding hydrogens is 194 g/mol. The van der Waals surface area contributed by atoms with E-state index in [0.717, 1.165) is 6.04 Å². The molecule has 88 valence electrons. The fourth-order valence-electron chi connectivity index (χ4n) is 2.30. The standard InChI is InChI=1S/C15H23N/c1-10-6-5-7-15(11(10)2)12(3)13(4)16-14-8-9-14/h5-7,12-14,16H,8-9H2,1-4H3. The first-order valence-corrected chi connectivity index (χ1v) is 6.41. The van der Waals surface area contributed by atoms with Gasteiger partial charge in [-0.05, 0) is 56.2 Å². The molecule has 1 aliphatic rings. The molecule has 1 nitrogen and oxygen atoms in total. The summed E-state index contributed by atoms with van der Waals surface area (Å²) >= 11 is 0. The molecule has 1 aromatic carbocycles. The Hall–Kier alpha value is -0.820. The largest absolute Gasteiger partial charge is 0.311 e. The number of nitrogens with one attached hydrogen (secondary N) is 1. The van der Waals surface area contributed by atoms with Crippen molar-refractivity contribution in [2.45, 2.75) is 58.5 Å². The van der Waals surface area contributed by atoms with Crippen molar-refractivity contribution in [3.63, 3.8) is 0 Å². The van der Waals surface area contributed by atoms with Crippen LogP contribution < -0.4 is 5.32 Å². The minimum atomic E-state index is 0.577. The van der Waals surface area contributed by atoms with Gasteiger partial charge in [-0.25, -0.2) is 0 Å². The Morgan fingerprint density at radius 3 is 2.50 bits per heavy atom. The summed E-state index contributed by atoms with van der Waals surface area (Å²) in [4.78, 5) is 0. The van der Waals surface area contributed by atoms with Crippen LogP contribution in [0.2, 0.25) is 0 Å². The van der Waals surface area contributed by atoms with Gasteiger partial charge in [0.15, 0.2) is 0 Å². The van der Waals surface area contributed by atoms with Crippen molar-refractivity contribution >= 4 is 0 Å². The fourth-order valence-corrected chi connectivity index (χ4v) is 2.30. The van der Waals surface area contributed by atoms with E-state index in [1.165, 1.54) is 29.5 Å². The lowest BCUT2D eigenvalue weighted by atomic mass is 9.89. The number of rotatable bonds is 4. The molecule has 0 aromatic heterocycles. The van der Waals surface area contributed by atoms with Crippen LogP contribution in [-0.2, 0) is 0 Å². The van der Waals surface area contributed by atoms with E-state index in [-0.39, 0.29) is 0 Å². The molecule has 1 heteroatoms. The van der Waals surface area contributed by atoms with E-state index >= 15 is 0 Å². The summed E-state index contributed by atoms with van der Waals surface area (Å²) in [6.45, 7) is 9.09. The highest BCUT2D eigenvalue weighted by Gasteiger charge is 2.26. The van der Waals surface area contributed by atoms with Gasteiger partial charge in [-0.15, -0.1) is 0 Å². The number of aryl methyl sites for hydroxylation is 1. The molecule has 0 bridgehead atoms. The van der Waals surface area contributed by atoms with E-state index in [1.807, 2.05) is 0 Å². The highest BCUT2D eigenvalue weighted by Crippen LogP contribution is 2.27. The van der Waals surface area contributed by atoms with Crippen LogP contribution >= 0.6 is 0 Å². The van der Waals surface area contributed by atoms with Crippen molar-refractivity contribution in [1.82, 2.24) is 5.32 Å². The number of benzene rings is 1. The smallest absolute Gasteiger partial charge is 0.0107 e. The second-order valence-corrected chi connectivity index (χ2v) is 5.31. The summed E-state index contributed by atoms with van der Waals surface area (Å²) in [5.74, 6) is 0.598. The monoisotopic (exact) mass is 217 g/mol. The maximum atomic E-state index is 3.70. The summed E-state index contributed by atoms with van der Waals surface area (Å²) in [5, 5.41) is 3.70. The van der Waals surface area contributed by atoms with Gasteiger partial charge in [0.25, 0.3) is 0 Å². The van der Waals surface area contributed by atoms with Gasteiger partial charge in [0.2, 0.25) is 0 Å². The van der Waals surface area contributed by atoms with Crippen LogP contribution in [-0.4, -0.2) is 12.1 Å². The molecule has 2 atom stereocenters. The summed E-state index contributed by atoms with van der Waals surface area (Å²) in [5.41, 5.74) is 4.36. The minimum absolute atomic E-state index is 0.577. The van der Waals surface area contributed by atoms with E-state index in [0.29, 0.717) is 12.0 Å². The summed E-state index contributed by atoms with van der Waals surface area (Å²) in [6, 6.07) is 8.02. The van der Waals surface area contributed by atoms with Crippen LogP contribution in [0.4, 0.5) is 0 Å². The first-order valence-electron chi connectivity index (χ1n) is 6.41. The van der Waals surface area contributed by atoms with Crippen molar-refractivity contribution in [1.29, 1.82) is 0 Å². The fraction of sp³-hybridized carbons (Fsp3) is 0.600. The van der Waals surface area contributed by atoms with Crippen LogP contribution in [0.25, 0.3) is 0 Å². The second kappa shape index (κ2) is 4.58. The molecule has 1 N–H and O–H groups in total. The first-order chi connectivity index (χ1) is 7.59. The Morgan fingerprint density at radius 1 is 1.19 bits per heavy atom. The lowest BCUT2D eigenvalue weighted by molar-refractivity contribution is 0.477. The van der Waals surface area contributed by atoms with E-state index < -0.39 is 0 Å². The summed E-state index contributed by atoms with van der Waals surface area (Å²) in [7, 11) is 0. The molecule has 0 radical (unpaired) electrons. The van der Waals surface area contributed by atoms with Crippen molar-refractivity contribution in [2.75, 3.05) is 0 Å². The third-order valence-corrected chi connectivity index (χ3v) is 3.96. The van der Waals surface area contributed by atoms with E-state index in [9.17, 15) is 0 Å². The van der Waals surface area contributed by atoms with Crippen molar-refractivity contribution in [3.05, 3.63) is 34.9 Å². The Bertz CT molecular complexity index is 366. The number of hydrogen-bond acceptors (Lipinski definition) is 1. The zero-order chi connectivity index (χ0) is 11.7. The van der Waals surface area contributed by atoms with Gasteiger partial charge in [0, 0.05) is 12.1 Å². The maximum Gasteiger partial charge on any atom is 0.0107 e. The topological polar surface area (TPSA) is 12.0 Å². The molecule has 1 aromatic rings. The molecule has 0 aliphatic heterocycles. The molecule has 1 aliphatic carbocycles. The highest BCUT2D eigenvalue weighted by atomic mass is 15.0. The van der Waals surface area contributed by atoms with Gasteiger partial charge in [-0.3, -0.25) is 0 Å². The molecule has 2 unspecified atom stereocenters. The second-order valence-electron chi connectivity index (χ2n) is 5.31. The zero-order valence-electron chi connectivity index (χ0n) is 10.9. The van der Waals surface area contributed by atoms with E-state index in [4.69, 9.17) is 0 Å². The predicted octanol–water partition coefficient (Wildman–Crippen LogP) is 3.55. The van der Waals surface area contributed by atoms with Gasteiger partial charge in [0.05, 0.1) is 0 Å². The zero-order valence-corrected chi connectivity index (χ0v) is 10.9. The Balaban J connectivity index is 2.12. The van der Waals surface area contributed by atoms with Crippen molar-refractivity contribution in [3.8, 4) is 0 Å². The first kappa shape index (κ1) is 11.7. The molecule has 1 fully saturated rings. The van der Waals surface area contributed by atoms with Crippen LogP contribution in [0, 0.1) is 13.8 Å². The molecule has 0 amide bonds. The normalized spacial score (nSPS) is 19.5. The lowest BCUT2D eigenvalue weighted by Gasteiger charge is -2.24. The lowest BCUT2D eigenvalue weighted by Crippen LogP contribution is -2.32. The van der Waals surface area contributed by atoms with Crippen LogP contribution in [0.5, 0.6) is 0 Å². The third-order valence-electron chi connectivity index (χ3n) is 3.96. The van der Waals surface area contributed by atoms with Crippen LogP contribution in [0.1, 0.15) is 49.3 Å². The van der Waals surface area contributed by atoms with Crippen molar-refractivity contribution in [2.24, 2.45) is 0 Å². The van der Waals surface area contributed by atoms with Crippen LogP contribution in [0.15, 0.2) is 18.2 Å². The van der Waals surface area contributed by atoms with Crippen LogP contribution in [0.3, 0.4) is 0 Å². The van der Waals surface area contributed by atoms with Gasteiger partial charge in [0.1, 0.15) is 0 Å². The molecule has 0 heterocycles. The molecule has 0 saturated heterocycles. The summed E-state index contributed by atoms with van der Waals surface area (Å²) in [6.07, 6.45) is 2.73. The maximum absolute atomic E-state index is 3.70. The molecule has 0 spiro atoms. The SMILES string of the molecule is Cc1cccc(C(C)C(C)NC2CC2)c1C. The quantitative estimate of drug-likeness (QED) is 0.813. The Kier molecular flexibility index (Phi) is 3.34. The summed E-state index contributed by atoms with van der Waals surface area (Å²) < 4.78 is 0. The average Bonchev–Trinajstić information content (AvgIpc) is 3.05. The van der Waals surface area contributed by atoms with E-state index in [2.05, 4.69) is 51.2 Å². The molecule has 2 rings (SSSR count). The predicted molar refractivity (Wildman–Crippen MR) is 70.0 cm³/mol. The number of hydrogen-bond donors (Lipinski definition) is 1.